The van der Waals surface area contributed by atoms with Gasteiger partial charge in [-0.25, -0.2) is 4.79 Å². The van der Waals surface area contributed by atoms with Crippen LogP contribution in [0.2, 0.25) is 0 Å². The lowest BCUT2D eigenvalue weighted by Crippen LogP contribution is -2.52. The Kier molecular flexibility index (Phi) is 4.77. The average Bonchev–Trinajstić information content (AvgIpc) is 2.18. The third kappa shape index (κ3) is 4.52. The highest BCUT2D eigenvalue weighted by atomic mass is 16.6. The van der Waals surface area contributed by atoms with Crippen LogP contribution < -0.4 is 5.32 Å². The number of aliphatic hydroxyl groups excluding tert-OH is 2. The molecule has 0 saturated heterocycles. The van der Waals surface area contributed by atoms with Crippen molar-refractivity contribution in [3.05, 3.63) is 0 Å². The van der Waals surface area contributed by atoms with Crippen LogP contribution in [0.5, 0.6) is 0 Å². The Bertz CT molecular complexity index is 262. The number of hydrogen-bond acceptors (Lipinski definition) is 4. The van der Waals surface area contributed by atoms with Gasteiger partial charge in [-0.05, 0) is 33.6 Å². The largest absolute Gasteiger partial charge is 0.444 e. The molecular formula is C12H23NO4. The van der Waals surface area contributed by atoms with Crippen molar-refractivity contribution in [1.29, 1.82) is 0 Å². The zero-order chi connectivity index (χ0) is 13.1. The van der Waals surface area contributed by atoms with E-state index in [-0.39, 0.29) is 12.5 Å². The highest BCUT2D eigenvalue weighted by Gasteiger charge is 2.33. The number of carbonyl (C=O) groups excluding carboxylic acids is 1. The molecule has 3 atom stereocenters. The van der Waals surface area contributed by atoms with Gasteiger partial charge in [0.05, 0.1) is 12.1 Å². The van der Waals surface area contributed by atoms with E-state index in [4.69, 9.17) is 4.74 Å². The standard InChI is InChI=1S/C12H23NO4/c1-12(2,3)17-11(16)13-10-8(7-14)5-4-6-9(10)15/h8-10,14-15H,4-7H2,1-3H3,(H,13,16)/t8-,9+,10-/m1/s1. The van der Waals surface area contributed by atoms with Crippen molar-refractivity contribution in [2.45, 2.75) is 57.8 Å². The zero-order valence-corrected chi connectivity index (χ0v) is 10.8. The van der Waals surface area contributed by atoms with Gasteiger partial charge in [-0.1, -0.05) is 6.42 Å². The molecule has 0 spiro atoms. The molecule has 0 bridgehead atoms. The van der Waals surface area contributed by atoms with E-state index in [1.807, 2.05) is 0 Å². The summed E-state index contributed by atoms with van der Waals surface area (Å²) in [7, 11) is 0. The Balaban J connectivity index is 2.55. The van der Waals surface area contributed by atoms with Crippen molar-refractivity contribution in [3.63, 3.8) is 0 Å². The summed E-state index contributed by atoms with van der Waals surface area (Å²) < 4.78 is 5.14. The van der Waals surface area contributed by atoms with Crippen molar-refractivity contribution >= 4 is 6.09 Å². The molecule has 0 unspecified atom stereocenters. The van der Waals surface area contributed by atoms with Gasteiger partial charge >= 0.3 is 6.09 Å². The van der Waals surface area contributed by atoms with E-state index in [9.17, 15) is 15.0 Å². The molecule has 5 nitrogen and oxygen atoms in total. The molecule has 0 heterocycles. The van der Waals surface area contributed by atoms with Crippen LogP contribution in [0.25, 0.3) is 0 Å². The van der Waals surface area contributed by atoms with Gasteiger partial charge in [0.15, 0.2) is 0 Å². The van der Waals surface area contributed by atoms with Gasteiger partial charge in [-0.3, -0.25) is 0 Å². The predicted octanol–water partition coefficient (Wildman–Crippen LogP) is 1.03. The molecular weight excluding hydrogens is 222 g/mol. The smallest absolute Gasteiger partial charge is 0.407 e. The van der Waals surface area contributed by atoms with Gasteiger partial charge in [-0.15, -0.1) is 0 Å². The van der Waals surface area contributed by atoms with Gasteiger partial charge in [0.2, 0.25) is 0 Å². The van der Waals surface area contributed by atoms with Crippen LogP contribution in [0.4, 0.5) is 4.79 Å². The van der Waals surface area contributed by atoms with Crippen LogP contribution in [0, 0.1) is 5.92 Å². The van der Waals surface area contributed by atoms with E-state index in [0.29, 0.717) is 6.42 Å². The lowest BCUT2D eigenvalue weighted by Gasteiger charge is -2.35. The number of alkyl carbamates (subject to hydrolysis) is 1. The number of carbonyl (C=O) groups is 1. The summed E-state index contributed by atoms with van der Waals surface area (Å²) in [5, 5.41) is 21.7. The molecule has 0 aromatic carbocycles. The minimum atomic E-state index is -0.603. The van der Waals surface area contributed by atoms with E-state index in [0.717, 1.165) is 12.8 Å². The SMILES string of the molecule is CC(C)(C)OC(=O)N[C@@H]1[C@@H](CO)CCC[C@@H]1O. The van der Waals surface area contributed by atoms with Crippen LogP contribution >= 0.6 is 0 Å². The number of hydrogen-bond donors (Lipinski definition) is 3. The van der Waals surface area contributed by atoms with Gasteiger partial charge in [0.25, 0.3) is 0 Å². The molecule has 1 aliphatic rings. The van der Waals surface area contributed by atoms with Crippen molar-refractivity contribution in [1.82, 2.24) is 5.32 Å². The molecule has 0 aromatic rings. The first-order valence-corrected chi connectivity index (χ1v) is 6.12. The van der Waals surface area contributed by atoms with E-state index in [1.54, 1.807) is 20.8 Å². The highest BCUT2D eigenvalue weighted by Crippen LogP contribution is 2.24. The molecule has 0 radical (unpaired) electrons. The van der Waals surface area contributed by atoms with E-state index in [2.05, 4.69) is 5.32 Å². The highest BCUT2D eigenvalue weighted by molar-refractivity contribution is 5.68. The van der Waals surface area contributed by atoms with Gasteiger partial charge < -0.3 is 20.3 Å². The van der Waals surface area contributed by atoms with Gasteiger partial charge in [0.1, 0.15) is 5.60 Å². The number of nitrogens with one attached hydrogen (secondary N) is 1. The van der Waals surface area contributed by atoms with Crippen LogP contribution in [0.15, 0.2) is 0 Å². The molecule has 0 aromatic heterocycles. The third-order valence-electron chi connectivity index (χ3n) is 2.92. The van der Waals surface area contributed by atoms with Crippen molar-refractivity contribution in [3.8, 4) is 0 Å². The van der Waals surface area contributed by atoms with E-state index < -0.39 is 23.8 Å². The number of amides is 1. The first kappa shape index (κ1) is 14.3. The maximum atomic E-state index is 11.6. The monoisotopic (exact) mass is 245 g/mol. The normalized spacial score (nSPS) is 29.8. The quantitative estimate of drug-likeness (QED) is 0.679. The van der Waals surface area contributed by atoms with Gasteiger partial charge in [0, 0.05) is 12.5 Å². The Morgan fingerprint density at radius 3 is 2.59 bits per heavy atom. The van der Waals surface area contributed by atoms with Crippen molar-refractivity contribution in [2.75, 3.05) is 6.61 Å². The summed E-state index contributed by atoms with van der Waals surface area (Å²) in [6, 6.07) is -0.413. The van der Waals surface area contributed by atoms with E-state index >= 15 is 0 Å². The third-order valence-corrected chi connectivity index (χ3v) is 2.92. The summed E-state index contributed by atoms with van der Waals surface area (Å²) in [4.78, 5) is 11.6. The maximum Gasteiger partial charge on any atom is 0.407 e. The summed E-state index contributed by atoms with van der Waals surface area (Å²) in [5.74, 6) is -0.0914. The summed E-state index contributed by atoms with van der Waals surface area (Å²) in [6.45, 7) is 5.33. The molecule has 1 rings (SSSR count). The molecule has 1 saturated carbocycles. The molecule has 1 amide bonds. The number of ether oxygens (including phenoxy) is 1. The summed E-state index contributed by atoms with van der Waals surface area (Å²) in [6.07, 6.45) is 1.19. The molecule has 100 valence electrons. The van der Waals surface area contributed by atoms with Crippen LogP contribution in [-0.2, 0) is 4.74 Å². The predicted molar refractivity (Wildman–Crippen MR) is 63.6 cm³/mol. The second kappa shape index (κ2) is 5.69. The fourth-order valence-electron chi connectivity index (χ4n) is 2.12. The molecule has 3 N–H and O–H groups in total. The van der Waals surface area contributed by atoms with E-state index in [1.165, 1.54) is 0 Å². The van der Waals surface area contributed by atoms with Crippen LogP contribution in [-0.4, -0.2) is 40.7 Å². The molecule has 0 aliphatic heterocycles. The molecule has 5 heteroatoms. The average molecular weight is 245 g/mol. The lowest BCUT2D eigenvalue weighted by molar-refractivity contribution is 0.0143. The number of rotatable bonds is 2. The van der Waals surface area contributed by atoms with Crippen molar-refractivity contribution in [2.24, 2.45) is 5.92 Å². The zero-order valence-electron chi connectivity index (χ0n) is 10.8. The summed E-state index contributed by atoms with van der Waals surface area (Å²) >= 11 is 0. The Morgan fingerprint density at radius 1 is 1.41 bits per heavy atom. The van der Waals surface area contributed by atoms with Crippen molar-refractivity contribution < 1.29 is 19.7 Å². The lowest BCUT2D eigenvalue weighted by atomic mass is 9.83. The number of aliphatic hydroxyl groups is 2. The van der Waals surface area contributed by atoms with Crippen LogP contribution in [0.1, 0.15) is 40.0 Å². The minimum absolute atomic E-state index is 0.0302. The molecule has 1 fully saturated rings. The summed E-state index contributed by atoms with van der Waals surface area (Å²) in [5.41, 5.74) is -0.557. The second-order valence-electron chi connectivity index (χ2n) is 5.61. The van der Waals surface area contributed by atoms with Crippen LogP contribution in [0.3, 0.4) is 0 Å². The Hall–Kier alpha value is -0.810. The Morgan fingerprint density at radius 2 is 2.06 bits per heavy atom. The van der Waals surface area contributed by atoms with Gasteiger partial charge in [-0.2, -0.15) is 0 Å². The first-order valence-electron chi connectivity index (χ1n) is 6.12. The fraction of sp³-hybridized carbons (Fsp3) is 0.917. The molecule has 1 aliphatic carbocycles. The first-order chi connectivity index (χ1) is 7.83. The minimum Gasteiger partial charge on any atom is -0.444 e. The maximum absolute atomic E-state index is 11.6. The fourth-order valence-corrected chi connectivity index (χ4v) is 2.12. The topological polar surface area (TPSA) is 78.8 Å². The molecule has 17 heavy (non-hydrogen) atoms. The Labute approximate surface area is 102 Å². The second-order valence-corrected chi connectivity index (χ2v) is 5.61.